The summed E-state index contributed by atoms with van der Waals surface area (Å²) in [5, 5.41) is 21.1. The Labute approximate surface area is 116 Å². The maximum absolute atomic E-state index is 13.5. The Balaban J connectivity index is 2.36. The van der Waals surface area contributed by atoms with E-state index in [2.05, 4.69) is 0 Å². The maximum atomic E-state index is 13.5. The summed E-state index contributed by atoms with van der Waals surface area (Å²) in [6, 6.07) is 5.28. The van der Waals surface area contributed by atoms with Crippen LogP contribution >= 0.6 is 0 Å². The monoisotopic (exact) mass is 293 g/mol. The Morgan fingerprint density at radius 3 is 2.38 bits per heavy atom. The third kappa shape index (κ3) is 3.08. The molecular weight excluding hydrogens is 285 g/mol. The molecule has 9 heteroatoms. The number of benzene rings is 1. The van der Waals surface area contributed by atoms with Crippen LogP contribution in [0.4, 0.5) is 15.8 Å². The lowest BCUT2D eigenvalue weighted by Crippen LogP contribution is -2.19. The van der Waals surface area contributed by atoms with Crippen molar-refractivity contribution in [1.29, 1.82) is 0 Å². The van der Waals surface area contributed by atoms with Gasteiger partial charge in [-0.05, 0) is 11.6 Å². The van der Waals surface area contributed by atoms with Crippen molar-refractivity contribution in [1.82, 2.24) is 4.57 Å². The fourth-order valence-electron chi connectivity index (χ4n) is 1.74. The fourth-order valence-corrected chi connectivity index (χ4v) is 1.74. The fraction of sp³-hybridized carbons (Fsp3) is 0.0833. The van der Waals surface area contributed by atoms with Crippen molar-refractivity contribution in [3.8, 4) is 0 Å². The number of rotatable bonds is 4. The van der Waals surface area contributed by atoms with Crippen molar-refractivity contribution in [3.63, 3.8) is 0 Å². The highest BCUT2D eigenvalue weighted by molar-refractivity contribution is 5.35. The van der Waals surface area contributed by atoms with E-state index in [-0.39, 0.29) is 17.8 Å². The predicted molar refractivity (Wildman–Crippen MR) is 69.5 cm³/mol. The van der Waals surface area contributed by atoms with Crippen LogP contribution in [0.25, 0.3) is 0 Å². The first-order chi connectivity index (χ1) is 9.88. The molecule has 0 aliphatic carbocycles. The lowest BCUT2D eigenvalue weighted by Gasteiger charge is -2.05. The molecule has 21 heavy (non-hydrogen) atoms. The minimum absolute atomic E-state index is 0.130. The van der Waals surface area contributed by atoms with E-state index in [4.69, 9.17) is 0 Å². The third-order valence-corrected chi connectivity index (χ3v) is 2.74. The summed E-state index contributed by atoms with van der Waals surface area (Å²) in [5.74, 6) is -1.03. The average molecular weight is 293 g/mol. The zero-order valence-corrected chi connectivity index (χ0v) is 10.4. The summed E-state index contributed by atoms with van der Waals surface area (Å²) in [5.41, 5.74) is -1.18. The van der Waals surface area contributed by atoms with Crippen molar-refractivity contribution in [2.24, 2.45) is 0 Å². The van der Waals surface area contributed by atoms with Gasteiger partial charge in [-0.2, -0.15) is 4.39 Å². The summed E-state index contributed by atoms with van der Waals surface area (Å²) >= 11 is 0. The molecule has 0 radical (unpaired) electrons. The molecule has 2 aromatic rings. The molecule has 1 aromatic carbocycles. The summed E-state index contributed by atoms with van der Waals surface area (Å²) in [6.45, 7) is -0.130. The second kappa shape index (κ2) is 5.49. The number of pyridine rings is 1. The van der Waals surface area contributed by atoms with Gasteiger partial charge in [0, 0.05) is 18.2 Å². The molecular formula is C12H8FN3O5. The number of halogens is 1. The van der Waals surface area contributed by atoms with Crippen LogP contribution in [0.1, 0.15) is 5.56 Å². The van der Waals surface area contributed by atoms with Crippen LogP contribution in [-0.4, -0.2) is 14.4 Å². The molecule has 0 aliphatic heterocycles. The molecule has 0 amide bonds. The normalized spacial score (nSPS) is 10.3. The van der Waals surface area contributed by atoms with Gasteiger partial charge in [0.25, 0.3) is 11.2 Å². The second-order valence-electron chi connectivity index (χ2n) is 4.15. The van der Waals surface area contributed by atoms with Gasteiger partial charge >= 0.3 is 5.69 Å². The smallest absolute Gasteiger partial charge is 0.304 e. The molecule has 1 aromatic heterocycles. The SMILES string of the molecule is O=c1ccc([N+](=O)[O-])cn1Cc1ccc([N+](=O)[O-])c(F)c1. The summed E-state index contributed by atoms with van der Waals surface area (Å²) < 4.78 is 14.5. The van der Waals surface area contributed by atoms with Gasteiger partial charge < -0.3 is 4.57 Å². The molecule has 0 N–H and O–H groups in total. The number of aromatic nitrogens is 1. The predicted octanol–water partition coefficient (Wildman–Crippen LogP) is 1.85. The van der Waals surface area contributed by atoms with Crippen molar-refractivity contribution in [2.75, 3.05) is 0 Å². The van der Waals surface area contributed by atoms with E-state index in [0.29, 0.717) is 0 Å². The van der Waals surface area contributed by atoms with Gasteiger partial charge in [-0.15, -0.1) is 0 Å². The Kier molecular flexibility index (Phi) is 3.74. The largest absolute Gasteiger partial charge is 0.304 e. The van der Waals surface area contributed by atoms with Gasteiger partial charge in [0.2, 0.25) is 5.82 Å². The van der Waals surface area contributed by atoms with Crippen molar-refractivity contribution in [3.05, 3.63) is 78.5 Å². The van der Waals surface area contributed by atoms with Crippen LogP contribution < -0.4 is 5.56 Å². The highest BCUT2D eigenvalue weighted by atomic mass is 19.1. The Hall–Kier alpha value is -3.10. The Bertz CT molecular complexity index is 787. The number of nitro groups is 2. The van der Waals surface area contributed by atoms with Crippen LogP contribution in [0.2, 0.25) is 0 Å². The molecule has 0 bridgehead atoms. The molecule has 0 aliphatic rings. The molecule has 0 spiro atoms. The van der Waals surface area contributed by atoms with E-state index < -0.39 is 26.9 Å². The Morgan fingerprint density at radius 2 is 1.81 bits per heavy atom. The molecule has 0 atom stereocenters. The zero-order valence-electron chi connectivity index (χ0n) is 10.4. The van der Waals surface area contributed by atoms with Crippen LogP contribution in [0.5, 0.6) is 0 Å². The van der Waals surface area contributed by atoms with Crippen LogP contribution in [-0.2, 0) is 6.54 Å². The van der Waals surface area contributed by atoms with Crippen LogP contribution in [0.3, 0.4) is 0 Å². The van der Waals surface area contributed by atoms with E-state index in [1.54, 1.807) is 0 Å². The van der Waals surface area contributed by atoms with Gasteiger partial charge in [0.1, 0.15) is 0 Å². The third-order valence-electron chi connectivity index (χ3n) is 2.74. The van der Waals surface area contributed by atoms with Crippen molar-refractivity contribution in [2.45, 2.75) is 6.54 Å². The highest BCUT2D eigenvalue weighted by Crippen LogP contribution is 2.18. The maximum Gasteiger partial charge on any atom is 0.304 e. The topological polar surface area (TPSA) is 108 Å². The number of nitro benzene ring substituents is 1. The Morgan fingerprint density at radius 1 is 1.10 bits per heavy atom. The standard InChI is InChI=1S/C12H8FN3O5/c13-10-5-8(1-3-11(10)16(20)21)6-14-7-9(15(18)19)2-4-12(14)17/h1-5,7H,6H2. The lowest BCUT2D eigenvalue weighted by atomic mass is 10.2. The van der Waals surface area contributed by atoms with Gasteiger partial charge in [-0.25, -0.2) is 0 Å². The van der Waals surface area contributed by atoms with Gasteiger partial charge in [0.15, 0.2) is 0 Å². The molecule has 0 saturated heterocycles. The number of nitrogens with zero attached hydrogens (tertiary/aromatic N) is 3. The molecule has 0 unspecified atom stereocenters. The number of hydrogen-bond acceptors (Lipinski definition) is 5. The summed E-state index contributed by atoms with van der Waals surface area (Å²) in [6.07, 6.45) is 1.03. The van der Waals surface area contributed by atoms with Gasteiger partial charge in [-0.1, -0.05) is 6.07 Å². The molecule has 108 valence electrons. The summed E-state index contributed by atoms with van der Waals surface area (Å²) in [7, 11) is 0. The zero-order chi connectivity index (χ0) is 15.6. The molecule has 1 heterocycles. The van der Waals surface area contributed by atoms with Gasteiger partial charge in [-0.3, -0.25) is 25.0 Å². The molecule has 8 nitrogen and oxygen atoms in total. The summed E-state index contributed by atoms with van der Waals surface area (Å²) in [4.78, 5) is 31.2. The van der Waals surface area contributed by atoms with E-state index in [1.807, 2.05) is 0 Å². The van der Waals surface area contributed by atoms with E-state index in [0.717, 1.165) is 35.0 Å². The number of hydrogen-bond donors (Lipinski definition) is 0. The minimum atomic E-state index is -1.03. The highest BCUT2D eigenvalue weighted by Gasteiger charge is 2.14. The quantitative estimate of drug-likeness (QED) is 0.631. The van der Waals surface area contributed by atoms with Gasteiger partial charge in [0.05, 0.1) is 22.6 Å². The molecule has 0 saturated carbocycles. The first-order valence-corrected chi connectivity index (χ1v) is 5.66. The molecule has 2 rings (SSSR count). The van der Waals surface area contributed by atoms with Crippen LogP contribution in [0.15, 0.2) is 41.3 Å². The van der Waals surface area contributed by atoms with E-state index in [9.17, 15) is 29.4 Å². The first-order valence-electron chi connectivity index (χ1n) is 5.66. The van der Waals surface area contributed by atoms with Crippen LogP contribution in [0, 0.1) is 26.0 Å². The van der Waals surface area contributed by atoms with Crippen molar-refractivity contribution >= 4 is 11.4 Å². The lowest BCUT2D eigenvalue weighted by molar-refractivity contribution is -0.387. The minimum Gasteiger partial charge on any atom is -0.304 e. The van der Waals surface area contributed by atoms with E-state index in [1.165, 1.54) is 6.07 Å². The second-order valence-corrected chi connectivity index (χ2v) is 4.15. The van der Waals surface area contributed by atoms with E-state index >= 15 is 0 Å². The average Bonchev–Trinajstić information content (AvgIpc) is 2.40. The van der Waals surface area contributed by atoms with Crippen molar-refractivity contribution < 1.29 is 14.2 Å². The first kappa shape index (κ1) is 14.3. The molecule has 0 fully saturated rings.